The number of rotatable bonds is 3. The van der Waals surface area contributed by atoms with Gasteiger partial charge in [-0.05, 0) is 0 Å². The summed E-state index contributed by atoms with van der Waals surface area (Å²) < 4.78 is 0. The summed E-state index contributed by atoms with van der Waals surface area (Å²) in [5.74, 6) is 0. The molecule has 0 atom stereocenters. The molecular formula is C2H7NO4. The van der Waals surface area contributed by atoms with E-state index in [9.17, 15) is 0 Å². The molecule has 0 aromatic heterocycles. The number of hydrogen-bond acceptors (Lipinski definition) is 5. The molecule has 0 fully saturated rings. The van der Waals surface area contributed by atoms with Gasteiger partial charge in [-0.15, -0.1) is 0 Å². The highest BCUT2D eigenvalue weighted by molar-refractivity contribution is 4.11. The lowest BCUT2D eigenvalue weighted by atomic mass is 10.8. The molecule has 0 saturated carbocycles. The first-order valence-corrected chi connectivity index (χ1v) is 1.69. The Morgan fingerprint density at radius 1 is 1.43 bits per heavy atom. The number of aliphatic hydroxyl groups is 1. The molecule has 3 N–H and O–H groups in total. The third kappa shape index (κ3) is 5.80. The number of hydrogen-bond donors (Lipinski definition) is 3. The zero-order chi connectivity index (χ0) is 5.70. The lowest BCUT2D eigenvalue weighted by Gasteiger charge is -2.01. The van der Waals surface area contributed by atoms with Gasteiger partial charge in [0.15, 0.2) is 0 Å². The molecular weight excluding hydrogens is 102 g/mol. The summed E-state index contributed by atoms with van der Waals surface area (Å²) in [4.78, 5) is 3.89. The van der Waals surface area contributed by atoms with Gasteiger partial charge in [0.1, 0.15) is 0 Å². The first-order valence-electron chi connectivity index (χ1n) is 1.69. The van der Waals surface area contributed by atoms with Gasteiger partial charge in [0.25, 0.3) is 0 Å². The van der Waals surface area contributed by atoms with E-state index in [1.165, 1.54) is 0 Å². The molecule has 0 saturated heterocycles. The van der Waals surface area contributed by atoms with Crippen LogP contribution in [0.5, 0.6) is 0 Å². The van der Waals surface area contributed by atoms with Crippen LogP contribution in [0, 0.1) is 0 Å². The Morgan fingerprint density at radius 2 is 2.00 bits per heavy atom. The maximum Gasteiger partial charge on any atom is 0.0967 e. The van der Waals surface area contributed by atoms with E-state index in [0.29, 0.717) is 0 Å². The van der Waals surface area contributed by atoms with E-state index in [1.54, 1.807) is 0 Å². The lowest BCUT2D eigenvalue weighted by molar-refractivity contribution is -0.493. The molecule has 5 heteroatoms. The van der Waals surface area contributed by atoms with E-state index in [4.69, 9.17) is 15.5 Å². The van der Waals surface area contributed by atoms with Crippen molar-refractivity contribution in [2.75, 3.05) is 13.2 Å². The van der Waals surface area contributed by atoms with Gasteiger partial charge in [-0.2, -0.15) is 0 Å². The second kappa shape index (κ2) is 3.97. The highest BCUT2D eigenvalue weighted by atomic mass is 17.1. The molecule has 0 amide bonds. The molecule has 7 heavy (non-hydrogen) atoms. The van der Waals surface area contributed by atoms with Crippen LogP contribution < -0.4 is 0 Å². The van der Waals surface area contributed by atoms with Gasteiger partial charge < -0.3 is 5.11 Å². The van der Waals surface area contributed by atoms with Crippen molar-refractivity contribution in [2.45, 2.75) is 0 Å². The van der Waals surface area contributed by atoms with Crippen molar-refractivity contribution in [3.63, 3.8) is 0 Å². The standard InChI is InChI=1S/C2H7NO4/c4-1-2-7-3(5)6/h4-6H,1-2H2. The Labute approximate surface area is 40.2 Å². The van der Waals surface area contributed by atoms with Crippen molar-refractivity contribution < 1.29 is 20.4 Å². The van der Waals surface area contributed by atoms with Gasteiger partial charge >= 0.3 is 0 Å². The summed E-state index contributed by atoms with van der Waals surface area (Å²) in [6.07, 6.45) is 0. The summed E-state index contributed by atoms with van der Waals surface area (Å²) in [7, 11) is 0. The van der Waals surface area contributed by atoms with Crippen LogP contribution in [0.25, 0.3) is 0 Å². The fourth-order valence-electron chi connectivity index (χ4n) is 0.122. The van der Waals surface area contributed by atoms with E-state index in [1.807, 2.05) is 0 Å². The molecule has 0 bridgehead atoms. The molecule has 0 aliphatic carbocycles. The average Bonchev–Trinajstić information content (AvgIpc) is 1.61. The highest BCUT2D eigenvalue weighted by Gasteiger charge is 1.87. The fourth-order valence-corrected chi connectivity index (χ4v) is 0.122. The molecule has 0 radical (unpaired) electrons. The van der Waals surface area contributed by atoms with Crippen molar-refractivity contribution >= 4 is 0 Å². The molecule has 0 aromatic rings. The Hall–Kier alpha value is -0.200. The third-order valence-electron chi connectivity index (χ3n) is 0.298. The quantitative estimate of drug-likeness (QED) is 0.405. The van der Waals surface area contributed by atoms with Crippen molar-refractivity contribution in [1.29, 1.82) is 0 Å². The van der Waals surface area contributed by atoms with Crippen molar-refractivity contribution in [3.8, 4) is 0 Å². The largest absolute Gasteiger partial charge is 0.394 e. The van der Waals surface area contributed by atoms with Crippen LogP contribution in [-0.2, 0) is 4.84 Å². The van der Waals surface area contributed by atoms with Gasteiger partial charge in [0, 0.05) is 0 Å². The van der Waals surface area contributed by atoms with Gasteiger partial charge in [0.05, 0.1) is 18.6 Å². The first kappa shape index (κ1) is 6.80. The zero-order valence-corrected chi connectivity index (χ0v) is 3.61. The average molecular weight is 109 g/mol. The minimum atomic E-state index is -0.448. The summed E-state index contributed by atoms with van der Waals surface area (Å²) in [6, 6.07) is 0. The SMILES string of the molecule is OCCON(O)O. The third-order valence-corrected chi connectivity index (χ3v) is 0.298. The van der Waals surface area contributed by atoms with Gasteiger partial charge in [-0.1, -0.05) is 0 Å². The van der Waals surface area contributed by atoms with Crippen molar-refractivity contribution in [2.24, 2.45) is 0 Å². The van der Waals surface area contributed by atoms with E-state index in [2.05, 4.69) is 4.84 Å². The number of nitrogens with zero attached hydrogens (tertiary/aromatic N) is 1. The van der Waals surface area contributed by atoms with Crippen LogP contribution in [0.15, 0.2) is 0 Å². The minimum absolute atomic E-state index is 0.118. The maximum atomic E-state index is 7.94. The predicted molar refractivity (Wildman–Crippen MR) is 18.4 cm³/mol. The van der Waals surface area contributed by atoms with E-state index < -0.39 is 5.39 Å². The highest BCUT2D eigenvalue weighted by Crippen LogP contribution is 1.72. The van der Waals surface area contributed by atoms with Crippen LogP contribution in [0.2, 0.25) is 0 Å². The van der Waals surface area contributed by atoms with Gasteiger partial charge in [-0.25, -0.2) is 4.84 Å². The molecule has 0 spiro atoms. The topological polar surface area (TPSA) is 73.2 Å². The maximum absolute atomic E-state index is 7.94. The normalized spacial score (nSPS) is 10.3. The summed E-state index contributed by atoms with van der Waals surface area (Å²) in [6.45, 7) is -0.357. The molecule has 0 heterocycles. The second-order valence-corrected chi connectivity index (χ2v) is 0.810. The molecule has 5 nitrogen and oxygen atoms in total. The Bertz CT molecular complexity index is 38.7. The van der Waals surface area contributed by atoms with Crippen LogP contribution in [0.4, 0.5) is 0 Å². The monoisotopic (exact) mass is 109 g/mol. The predicted octanol–water partition coefficient (Wildman–Crippen LogP) is -1.01. The Morgan fingerprint density at radius 3 is 2.14 bits per heavy atom. The number of aliphatic hydroxyl groups excluding tert-OH is 1. The molecule has 0 aromatic carbocycles. The second-order valence-electron chi connectivity index (χ2n) is 0.810. The molecule has 0 unspecified atom stereocenters. The van der Waals surface area contributed by atoms with Crippen LogP contribution in [-0.4, -0.2) is 34.1 Å². The van der Waals surface area contributed by atoms with Gasteiger partial charge in [-0.3, -0.25) is 10.4 Å². The summed E-state index contributed by atoms with van der Waals surface area (Å²) in [5.41, 5.74) is 0. The Kier molecular flexibility index (Phi) is 3.86. The molecule has 0 aliphatic rings. The van der Waals surface area contributed by atoms with E-state index >= 15 is 0 Å². The van der Waals surface area contributed by atoms with Crippen LogP contribution >= 0.6 is 0 Å². The van der Waals surface area contributed by atoms with Crippen LogP contribution in [0.1, 0.15) is 0 Å². The van der Waals surface area contributed by atoms with E-state index in [-0.39, 0.29) is 13.2 Å². The van der Waals surface area contributed by atoms with Gasteiger partial charge in [0.2, 0.25) is 0 Å². The first-order chi connectivity index (χ1) is 3.27. The zero-order valence-electron chi connectivity index (χ0n) is 3.61. The molecule has 0 rings (SSSR count). The summed E-state index contributed by atoms with van der Waals surface area (Å²) >= 11 is 0. The van der Waals surface area contributed by atoms with E-state index in [0.717, 1.165) is 0 Å². The molecule has 44 valence electrons. The molecule has 0 aliphatic heterocycles. The smallest absolute Gasteiger partial charge is 0.0967 e. The summed E-state index contributed by atoms with van der Waals surface area (Å²) in [5, 5.41) is 23.0. The Balaban J connectivity index is 2.68. The minimum Gasteiger partial charge on any atom is -0.394 e. The fraction of sp³-hybridized carbons (Fsp3) is 1.00. The van der Waals surface area contributed by atoms with Crippen molar-refractivity contribution in [3.05, 3.63) is 0 Å². The van der Waals surface area contributed by atoms with Crippen molar-refractivity contribution in [1.82, 2.24) is 5.39 Å². The van der Waals surface area contributed by atoms with Crippen LogP contribution in [0.3, 0.4) is 0 Å². The lowest BCUT2D eigenvalue weighted by Crippen LogP contribution is -2.16.